The van der Waals surface area contributed by atoms with Crippen LogP contribution in [-0.2, 0) is 41.6 Å². The first-order valence-corrected chi connectivity index (χ1v) is 32.1. The second kappa shape index (κ2) is 17.4. The van der Waals surface area contributed by atoms with Crippen LogP contribution in [0.25, 0.3) is 34.4 Å². The summed E-state index contributed by atoms with van der Waals surface area (Å²) >= 11 is -3.27. The van der Waals surface area contributed by atoms with Gasteiger partial charge in [-0.3, -0.25) is 0 Å². The van der Waals surface area contributed by atoms with E-state index in [1.807, 2.05) is 0 Å². The molecular weight excluding hydrogens is 934 g/mol. The van der Waals surface area contributed by atoms with E-state index in [1.54, 1.807) is 22.3 Å². The predicted molar refractivity (Wildman–Crippen MR) is 253 cm³/mol. The number of fused-ring (bicyclic) bond motifs is 2. The largest absolute Gasteiger partial charge is 1.00 e. The molecule has 60 heavy (non-hydrogen) atoms. The van der Waals surface area contributed by atoms with Gasteiger partial charge in [0.15, 0.2) is 0 Å². The Labute approximate surface area is 384 Å². The van der Waals surface area contributed by atoms with E-state index in [2.05, 4.69) is 196 Å². The number of allylic oxidation sites excluding steroid dienone is 2. The fourth-order valence-corrected chi connectivity index (χ4v) is 33.3. The standard InChI is InChI=1S/2C27H35.C3H6.2ClH.Hf/c2*1-18(2)12-19-13-20-10-9-11-24(25(20)14-19)21-15-22(26(3,4)5)17-23(16-21)27(6,7)8;1-3-2;;;/h2*9-11,13-18H,12H2,1-8H3;1-3H2;2*1H;/q;;;;;+2/p-2. The fourth-order valence-electron chi connectivity index (χ4n) is 10.7. The average molecular weight is 1010 g/mol. The molecule has 0 N–H and O–H groups in total. The Kier molecular flexibility index (Phi) is 14.2. The van der Waals surface area contributed by atoms with Gasteiger partial charge >= 0.3 is 362 Å². The van der Waals surface area contributed by atoms with Gasteiger partial charge in [-0.05, 0) is 0 Å². The molecule has 322 valence electrons. The Morgan fingerprint density at radius 2 is 0.800 bits per heavy atom. The van der Waals surface area contributed by atoms with Crippen LogP contribution in [0.3, 0.4) is 0 Å². The van der Waals surface area contributed by atoms with Gasteiger partial charge in [0, 0.05) is 0 Å². The van der Waals surface area contributed by atoms with Crippen LogP contribution in [0, 0.1) is 11.8 Å². The molecule has 2 aliphatic carbocycles. The molecule has 4 aromatic carbocycles. The minimum atomic E-state index is -3.27. The fraction of sp³-hybridized carbons (Fsp3) is 0.509. The van der Waals surface area contributed by atoms with Crippen LogP contribution < -0.4 is 24.8 Å². The molecule has 0 radical (unpaired) electrons. The molecule has 4 aromatic rings. The maximum Gasteiger partial charge on any atom is -1.00 e. The second-order valence-corrected chi connectivity index (χ2v) is 40.4. The van der Waals surface area contributed by atoms with Crippen molar-refractivity contribution >= 4 is 12.2 Å². The zero-order valence-corrected chi connectivity index (χ0v) is 45.3. The van der Waals surface area contributed by atoms with E-state index in [0.717, 1.165) is 0 Å². The van der Waals surface area contributed by atoms with Crippen molar-refractivity contribution in [3.63, 3.8) is 0 Å². The molecule has 0 bridgehead atoms. The maximum atomic E-state index is 2.74. The second-order valence-electron chi connectivity index (χ2n) is 23.8. The average Bonchev–Trinajstić information content (AvgIpc) is 3.63. The zero-order chi connectivity index (χ0) is 42.3. The quantitative estimate of drug-likeness (QED) is 0.154. The van der Waals surface area contributed by atoms with Gasteiger partial charge in [-0.1, -0.05) is 0 Å². The van der Waals surface area contributed by atoms with Crippen molar-refractivity contribution in [3.05, 3.63) is 128 Å². The van der Waals surface area contributed by atoms with Crippen LogP contribution in [0.4, 0.5) is 0 Å². The van der Waals surface area contributed by atoms with E-state index in [9.17, 15) is 0 Å². The van der Waals surface area contributed by atoms with E-state index in [0.29, 0.717) is 19.2 Å². The van der Waals surface area contributed by atoms with Gasteiger partial charge in [-0.15, -0.1) is 0 Å². The minimum Gasteiger partial charge on any atom is -1.00 e. The summed E-state index contributed by atoms with van der Waals surface area (Å²) in [6, 6.07) is 30.0. The Morgan fingerprint density at radius 3 is 1.05 bits per heavy atom. The monoisotopic (exact) mass is 1010 g/mol. The van der Waals surface area contributed by atoms with Gasteiger partial charge in [0.1, 0.15) is 0 Å². The topological polar surface area (TPSA) is 0 Å². The summed E-state index contributed by atoms with van der Waals surface area (Å²) in [6.07, 6.45) is 9.29. The van der Waals surface area contributed by atoms with Gasteiger partial charge in [0.25, 0.3) is 0 Å². The van der Waals surface area contributed by atoms with E-state index >= 15 is 0 Å². The molecule has 0 saturated carbocycles. The number of hydrogen-bond acceptors (Lipinski definition) is 0. The predicted octanol–water partition coefficient (Wildman–Crippen LogP) is 11.3. The summed E-state index contributed by atoms with van der Waals surface area (Å²) in [5, 5.41) is 0. The van der Waals surface area contributed by atoms with Crippen molar-refractivity contribution in [2.45, 2.75) is 167 Å². The van der Waals surface area contributed by atoms with Crippen LogP contribution in [0.2, 0.25) is 8.35 Å². The number of benzene rings is 4. The molecule has 3 aliphatic rings. The van der Waals surface area contributed by atoms with Gasteiger partial charge < -0.3 is 24.8 Å². The number of halogens is 2. The molecule has 1 saturated heterocycles. The minimum absolute atomic E-state index is 0. The van der Waals surface area contributed by atoms with Gasteiger partial charge in [0.2, 0.25) is 0 Å². The normalized spacial score (nSPS) is 18.1. The van der Waals surface area contributed by atoms with Crippen LogP contribution >= 0.6 is 0 Å². The van der Waals surface area contributed by atoms with Gasteiger partial charge in [0.05, 0.1) is 0 Å². The molecule has 7 rings (SSSR count). The zero-order valence-electron chi connectivity index (χ0n) is 40.2. The van der Waals surface area contributed by atoms with Crippen LogP contribution in [0.5, 0.6) is 0 Å². The first kappa shape index (κ1) is 48.8. The number of rotatable bonds is 8. The van der Waals surface area contributed by atoms with Crippen LogP contribution in [-0.4, -0.2) is 0 Å². The third-order valence-corrected chi connectivity index (χ3v) is 36.4. The third kappa shape index (κ3) is 9.36. The molecule has 0 spiro atoms. The summed E-state index contributed by atoms with van der Waals surface area (Å²) in [7, 11) is 0. The van der Waals surface area contributed by atoms with E-state index in [4.69, 9.17) is 0 Å². The van der Waals surface area contributed by atoms with Crippen molar-refractivity contribution in [3.8, 4) is 22.3 Å². The van der Waals surface area contributed by atoms with Crippen molar-refractivity contribution in [1.82, 2.24) is 0 Å². The van der Waals surface area contributed by atoms with Crippen molar-refractivity contribution in [1.29, 1.82) is 0 Å². The summed E-state index contributed by atoms with van der Waals surface area (Å²) in [5.41, 5.74) is 21.7. The molecule has 1 aliphatic heterocycles. The maximum absolute atomic E-state index is 3.27. The molecule has 2 atom stereocenters. The number of hydrogen-bond donors (Lipinski definition) is 0. The molecule has 1 heterocycles. The summed E-state index contributed by atoms with van der Waals surface area (Å²) < 4.78 is 4.28. The molecule has 0 amide bonds. The van der Waals surface area contributed by atoms with Gasteiger partial charge in [-0.25, -0.2) is 0 Å². The summed E-state index contributed by atoms with van der Waals surface area (Å²) in [4.78, 5) is 0. The molecule has 3 heteroatoms. The molecule has 1 fully saturated rings. The smallest absolute Gasteiger partial charge is 1.00 e. The van der Waals surface area contributed by atoms with Crippen molar-refractivity contribution in [2.75, 3.05) is 0 Å². The Balaban J connectivity index is 0.00000341. The third-order valence-electron chi connectivity index (χ3n) is 14.0. The summed E-state index contributed by atoms with van der Waals surface area (Å²) in [6.45, 7) is 38.3. The first-order valence-electron chi connectivity index (χ1n) is 22.9. The van der Waals surface area contributed by atoms with Crippen LogP contribution in [0.15, 0.2) is 83.9 Å². The molecular formula is C57H76Cl2Hf. The Bertz CT molecular complexity index is 2050. The van der Waals surface area contributed by atoms with E-state index in [-0.39, 0.29) is 46.5 Å². The molecule has 0 nitrogen and oxygen atoms in total. The summed E-state index contributed by atoms with van der Waals surface area (Å²) in [5.74, 6) is 1.27. The Hall–Kier alpha value is -2.19. The van der Waals surface area contributed by atoms with Crippen LogP contribution in [0.1, 0.15) is 182 Å². The van der Waals surface area contributed by atoms with Crippen molar-refractivity contribution in [2.24, 2.45) is 11.8 Å². The molecule has 2 unspecified atom stereocenters. The van der Waals surface area contributed by atoms with Crippen molar-refractivity contribution < 1.29 is 44.8 Å². The Morgan fingerprint density at radius 1 is 0.483 bits per heavy atom. The molecule has 0 aromatic heterocycles. The van der Waals surface area contributed by atoms with E-state index < -0.39 is 20.0 Å². The first-order chi connectivity index (χ1) is 26.9. The SMILES string of the molecule is CC(C)CC1=Cc2c(-c3cc(C(C)(C)C)cc(C(C)(C)C)c3)cccc2[CH]1[Hf+2]1([CH]2C(CC(C)C)=Cc3c(-c4cc(C(C)(C)C)cc(C(C)(C)C)c4)cccc32)[CH2]C[CH2]1.[Cl-].[Cl-]. The van der Waals surface area contributed by atoms with E-state index in [1.165, 1.54) is 83.3 Å². The van der Waals surface area contributed by atoms with Gasteiger partial charge in [-0.2, -0.15) is 0 Å².